The Morgan fingerprint density at radius 1 is 1.39 bits per heavy atom. The predicted molar refractivity (Wildman–Crippen MR) is 82.9 cm³/mol. The van der Waals surface area contributed by atoms with E-state index in [2.05, 4.69) is 45.1 Å². The van der Waals surface area contributed by atoms with Gasteiger partial charge < -0.3 is 5.32 Å². The fraction of sp³-hybridized carbons (Fsp3) is 0.714. The predicted octanol–water partition coefficient (Wildman–Crippen LogP) is 3.29. The molecule has 0 saturated heterocycles. The van der Waals surface area contributed by atoms with Gasteiger partial charge in [0.05, 0.1) is 0 Å². The molecule has 0 radical (unpaired) electrons. The van der Waals surface area contributed by atoms with E-state index in [0.717, 1.165) is 18.7 Å². The number of nitrogens with one attached hydrogen (secondary N) is 1. The van der Waals surface area contributed by atoms with Gasteiger partial charge in [0.2, 0.25) is 0 Å². The van der Waals surface area contributed by atoms with Crippen LogP contribution in [0.4, 0.5) is 0 Å². The van der Waals surface area contributed by atoms with Crippen molar-refractivity contribution in [2.24, 2.45) is 0 Å². The highest BCUT2D eigenvalue weighted by Crippen LogP contribution is 2.29. The molecule has 1 aromatic rings. The van der Waals surface area contributed by atoms with Gasteiger partial charge in [0, 0.05) is 45.1 Å². The van der Waals surface area contributed by atoms with Crippen molar-refractivity contribution in [1.29, 1.82) is 0 Å². The van der Waals surface area contributed by atoms with Crippen molar-refractivity contribution in [2.75, 3.05) is 12.0 Å². The molecule has 18 heavy (non-hydrogen) atoms. The molecule has 0 aromatic carbocycles. The van der Waals surface area contributed by atoms with Crippen LogP contribution < -0.4 is 5.32 Å². The van der Waals surface area contributed by atoms with Gasteiger partial charge >= 0.3 is 0 Å². The molecule has 0 aliphatic heterocycles. The smallest absolute Gasteiger partial charge is 0.0302 e. The molecule has 1 N–H and O–H groups in total. The normalized spacial score (nSPS) is 15.6. The lowest BCUT2D eigenvalue weighted by molar-refractivity contribution is 0.538. The van der Waals surface area contributed by atoms with Crippen molar-refractivity contribution in [2.45, 2.75) is 52.1 Å². The van der Waals surface area contributed by atoms with Gasteiger partial charge in [0.25, 0.3) is 0 Å². The minimum atomic E-state index is -0.679. The number of rotatable bonds is 6. The Bertz CT molecular complexity index is 393. The second-order valence-corrected chi connectivity index (χ2v) is 8.59. The zero-order valence-corrected chi connectivity index (χ0v) is 13.7. The Morgan fingerprint density at radius 3 is 2.56 bits per heavy atom. The second-order valence-electron chi connectivity index (χ2n) is 5.86. The van der Waals surface area contributed by atoms with Crippen molar-refractivity contribution in [3.8, 4) is 0 Å². The average Bonchev–Trinajstić information content (AvgIpc) is 2.71. The van der Waals surface area contributed by atoms with E-state index in [-0.39, 0.29) is 5.41 Å². The number of hydrogen-bond donors (Lipinski definition) is 1. The van der Waals surface area contributed by atoms with Crippen LogP contribution in [0.1, 0.15) is 43.9 Å². The molecule has 2 unspecified atom stereocenters. The van der Waals surface area contributed by atoms with Crippen LogP contribution in [0, 0.1) is 0 Å². The largest absolute Gasteiger partial charge is 0.309 e. The third-order valence-electron chi connectivity index (χ3n) is 2.86. The van der Waals surface area contributed by atoms with Crippen molar-refractivity contribution >= 4 is 22.1 Å². The maximum absolute atomic E-state index is 11.0. The number of hydrogen-bond acceptors (Lipinski definition) is 3. The van der Waals surface area contributed by atoms with Crippen LogP contribution in [0.15, 0.2) is 12.1 Å². The van der Waals surface area contributed by atoms with Crippen LogP contribution in [-0.4, -0.2) is 22.3 Å². The first-order valence-electron chi connectivity index (χ1n) is 6.41. The highest BCUT2D eigenvalue weighted by Gasteiger charge is 2.16. The summed E-state index contributed by atoms with van der Waals surface area (Å²) in [5.41, 5.74) is 0.244. The van der Waals surface area contributed by atoms with E-state index in [4.69, 9.17) is 0 Å². The van der Waals surface area contributed by atoms with Gasteiger partial charge in [-0.3, -0.25) is 4.21 Å². The van der Waals surface area contributed by atoms with Gasteiger partial charge in [-0.2, -0.15) is 0 Å². The molecule has 1 heterocycles. The topological polar surface area (TPSA) is 29.1 Å². The van der Waals surface area contributed by atoms with Gasteiger partial charge in [-0.05, 0) is 30.9 Å². The van der Waals surface area contributed by atoms with Crippen LogP contribution in [-0.2, 0) is 22.8 Å². The molecule has 0 aliphatic rings. The van der Waals surface area contributed by atoms with Crippen LogP contribution >= 0.6 is 11.3 Å². The Hall–Kier alpha value is -0.190. The lowest BCUT2D eigenvalue weighted by atomic mass is 9.95. The third kappa shape index (κ3) is 5.63. The van der Waals surface area contributed by atoms with Crippen molar-refractivity contribution < 1.29 is 4.21 Å². The van der Waals surface area contributed by atoms with E-state index < -0.39 is 10.8 Å². The minimum absolute atomic E-state index is 0.244. The van der Waals surface area contributed by atoms with Gasteiger partial charge in [0.1, 0.15) is 0 Å². The molecule has 0 saturated carbocycles. The standard InChI is InChI=1S/C14H25NOS2/c1-11(8-9-18(5)16)15-10-12-6-7-13(17-12)14(2,3)4/h6-7,11,15H,8-10H2,1-5H3. The quantitative estimate of drug-likeness (QED) is 0.870. The Balaban J connectivity index is 2.39. The van der Waals surface area contributed by atoms with Gasteiger partial charge in [0.15, 0.2) is 0 Å². The highest BCUT2D eigenvalue weighted by atomic mass is 32.2. The Labute approximate surface area is 118 Å². The molecule has 2 atom stereocenters. The summed E-state index contributed by atoms with van der Waals surface area (Å²) in [6.07, 6.45) is 2.74. The molecule has 0 fully saturated rings. The highest BCUT2D eigenvalue weighted by molar-refractivity contribution is 7.84. The SMILES string of the molecule is CC(CCS(C)=O)NCc1ccc(C(C)(C)C)s1. The van der Waals surface area contributed by atoms with E-state index in [1.165, 1.54) is 9.75 Å². The van der Waals surface area contributed by atoms with Crippen molar-refractivity contribution in [1.82, 2.24) is 5.32 Å². The maximum Gasteiger partial charge on any atom is 0.0302 e. The van der Waals surface area contributed by atoms with Crippen LogP contribution in [0.25, 0.3) is 0 Å². The summed E-state index contributed by atoms with van der Waals surface area (Å²) >= 11 is 1.88. The maximum atomic E-state index is 11.0. The van der Waals surface area contributed by atoms with E-state index in [0.29, 0.717) is 6.04 Å². The Morgan fingerprint density at radius 2 is 2.06 bits per heavy atom. The first-order valence-corrected chi connectivity index (χ1v) is 8.96. The molecule has 0 spiro atoms. The molecular weight excluding hydrogens is 262 g/mol. The summed E-state index contributed by atoms with van der Waals surface area (Å²) < 4.78 is 11.0. The number of thiophene rings is 1. The van der Waals surface area contributed by atoms with Crippen molar-refractivity contribution in [3.05, 3.63) is 21.9 Å². The van der Waals surface area contributed by atoms with E-state index in [9.17, 15) is 4.21 Å². The van der Waals surface area contributed by atoms with Crippen LogP contribution in [0.3, 0.4) is 0 Å². The molecule has 1 aromatic heterocycles. The first-order chi connectivity index (χ1) is 8.29. The zero-order chi connectivity index (χ0) is 13.8. The lowest BCUT2D eigenvalue weighted by Crippen LogP contribution is -2.26. The Kier molecular flexibility index (Phi) is 6.02. The monoisotopic (exact) mass is 287 g/mol. The van der Waals surface area contributed by atoms with E-state index in [1.807, 2.05) is 11.3 Å². The summed E-state index contributed by atoms with van der Waals surface area (Å²) in [5.74, 6) is 0.784. The molecular formula is C14H25NOS2. The molecule has 0 amide bonds. The minimum Gasteiger partial charge on any atom is -0.309 e. The molecule has 2 nitrogen and oxygen atoms in total. The first kappa shape index (κ1) is 15.9. The van der Waals surface area contributed by atoms with Crippen molar-refractivity contribution in [3.63, 3.8) is 0 Å². The fourth-order valence-corrected chi connectivity index (χ4v) is 3.30. The van der Waals surface area contributed by atoms with E-state index in [1.54, 1.807) is 6.26 Å². The molecule has 0 bridgehead atoms. The lowest BCUT2D eigenvalue weighted by Gasteiger charge is -2.15. The summed E-state index contributed by atoms with van der Waals surface area (Å²) in [5, 5.41) is 3.50. The van der Waals surface area contributed by atoms with E-state index >= 15 is 0 Å². The summed E-state index contributed by atoms with van der Waals surface area (Å²) in [6, 6.07) is 4.87. The van der Waals surface area contributed by atoms with Crippen LogP contribution in [0.2, 0.25) is 0 Å². The van der Waals surface area contributed by atoms with Gasteiger partial charge in [-0.1, -0.05) is 20.8 Å². The third-order valence-corrected chi connectivity index (χ3v) is 5.19. The average molecular weight is 287 g/mol. The fourth-order valence-electron chi connectivity index (χ4n) is 1.60. The summed E-state index contributed by atoms with van der Waals surface area (Å²) in [6.45, 7) is 9.81. The van der Waals surface area contributed by atoms with Gasteiger partial charge in [-0.15, -0.1) is 11.3 Å². The van der Waals surface area contributed by atoms with Crippen LogP contribution in [0.5, 0.6) is 0 Å². The molecule has 104 valence electrons. The van der Waals surface area contributed by atoms with Gasteiger partial charge in [-0.25, -0.2) is 0 Å². The molecule has 4 heteroatoms. The second kappa shape index (κ2) is 6.83. The molecule has 0 aliphatic carbocycles. The zero-order valence-electron chi connectivity index (χ0n) is 12.1. The summed E-state index contributed by atoms with van der Waals surface area (Å²) in [7, 11) is -0.679. The summed E-state index contributed by atoms with van der Waals surface area (Å²) in [4.78, 5) is 2.81. The molecule has 1 rings (SSSR count).